The summed E-state index contributed by atoms with van der Waals surface area (Å²) in [4.78, 5) is 22.0. The third-order valence-electron chi connectivity index (χ3n) is 4.16. The molecule has 0 aromatic carbocycles. The summed E-state index contributed by atoms with van der Waals surface area (Å²) in [5, 5.41) is 0. The van der Waals surface area contributed by atoms with Crippen molar-refractivity contribution in [2.24, 2.45) is 28.4 Å². The highest BCUT2D eigenvalue weighted by atomic mass is 16.2. The number of carbonyl (C=O) groups is 2. The predicted octanol–water partition coefficient (Wildman–Crippen LogP) is 3.34. The highest BCUT2D eigenvalue weighted by Gasteiger charge is 2.62. The molecule has 0 spiro atoms. The second kappa shape index (κ2) is 9.98. The van der Waals surface area contributed by atoms with Gasteiger partial charge in [-0.25, -0.2) is 0 Å². The second-order valence-corrected chi connectivity index (χ2v) is 7.48. The molecule has 2 unspecified atom stereocenters. The molecule has 22 heavy (non-hydrogen) atoms. The molecule has 0 bridgehead atoms. The number of likely N-dealkylation sites (tertiary alicyclic amines) is 1. The molecule has 1 saturated heterocycles. The van der Waals surface area contributed by atoms with Gasteiger partial charge in [-0.1, -0.05) is 55.4 Å². The number of hydrogen-bond donors (Lipinski definition) is 1. The molecule has 2 aliphatic rings. The number of piperidine rings is 1. The first-order valence-corrected chi connectivity index (χ1v) is 8.40. The fourth-order valence-electron chi connectivity index (χ4n) is 2.90. The molecule has 2 rings (SSSR count). The number of amides is 1. The van der Waals surface area contributed by atoms with Crippen LogP contribution in [-0.4, -0.2) is 37.2 Å². The van der Waals surface area contributed by atoms with E-state index in [2.05, 4.69) is 39.5 Å². The summed E-state index contributed by atoms with van der Waals surface area (Å²) in [6.45, 7) is 21.7. The molecule has 2 atom stereocenters. The number of fused-ring (bicyclic) bond motifs is 1. The Morgan fingerprint density at radius 2 is 1.50 bits per heavy atom. The van der Waals surface area contributed by atoms with Crippen LogP contribution in [0.5, 0.6) is 0 Å². The first-order chi connectivity index (χ1) is 10.1. The van der Waals surface area contributed by atoms with Crippen LogP contribution in [0.1, 0.15) is 61.8 Å². The van der Waals surface area contributed by atoms with Crippen LogP contribution in [0.2, 0.25) is 0 Å². The van der Waals surface area contributed by atoms with Gasteiger partial charge in [0.25, 0.3) is 0 Å². The lowest BCUT2D eigenvalue weighted by atomic mass is 9.91. The maximum Gasteiger partial charge on any atom is 0.223 e. The summed E-state index contributed by atoms with van der Waals surface area (Å²) in [5.41, 5.74) is 5.48. The quantitative estimate of drug-likeness (QED) is 0.807. The van der Waals surface area contributed by atoms with Gasteiger partial charge in [0.15, 0.2) is 0 Å². The van der Waals surface area contributed by atoms with Gasteiger partial charge in [0.05, 0.1) is 0 Å². The predicted molar refractivity (Wildman–Crippen MR) is 94.6 cm³/mol. The maximum atomic E-state index is 12.0. The minimum Gasteiger partial charge on any atom is -0.342 e. The van der Waals surface area contributed by atoms with Gasteiger partial charge < -0.3 is 15.4 Å². The molecule has 1 amide bonds. The molecule has 1 aliphatic heterocycles. The van der Waals surface area contributed by atoms with Gasteiger partial charge in [-0.3, -0.25) is 4.79 Å². The first kappa shape index (κ1) is 23.4. The van der Waals surface area contributed by atoms with E-state index in [1.165, 1.54) is 0 Å². The summed E-state index contributed by atoms with van der Waals surface area (Å²) < 4.78 is 0. The highest BCUT2D eigenvalue weighted by Crippen LogP contribution is 2.62. The molecule has 2 N–H and O–H groups in total. The highest BCUT2D eigenvalue weighted by molar-refractivity contribution is 5.77. The minimum atomic E-state index is 0.124. The molecule has 2 fully saturated rings. The van der Waals surface area contributed by atoms with Crippen molar-refractivity contribution in [3.8, 4) is 0 Å². The molecule has 1 saturated carbocycles. The van der Waals surface area contributed by atoms with Crippen LogP contribution in [0.3, 0.4) is 0 Å². The number of nitrogens with two attached hydrogens (primary N) is 1. The topological polar surface area (TPSA) is 63.4 Å². The normalized spacial score (nSPS) is 23.6. The second-order valence-electron chi connectivity index (χ2n) is 7.48. The van der Waals surface area contributed by atoms with E-state index in [4.69, 9.17) is 10.5 Å². The Kier molecular flexibility index (Phi) is 10.6. The van der Waals surface area contributed by atoms with Gasteiger partial charge in [-0.05, 0) is 29.2 Å². The van der Waals surface area contributed by atoms with Crippen LogP contribution >= 0.6 is 0 Å². The van der Waals surface area contributed by atoms with Crippen molar-refractivity contribution < 1.29 is 9.59 Å². The third kappa shape index (κ3) is 6.91. The van der Waals surface area contributed by atoms with Crippen molar-refractivity contribution in [2.75, 3.05) is 19.6 Å². The Morgan fingerprint density at radius 1 is 1.18 bits per heavy atom. The van der Waals surface area contributed by atoms with E-state index in [9.17, 15) is 4.79 Å². The Labute approximate surface area is 137 Å². The number of hydrogen-bond acceptors (Lipinski definition) is 3. The lowest BCUT2D eigenvalue weighted by molar-refractivity contribution is -0.132. The molecule has 0 radical (unpaired) electrons. The molecule has 4 nitrogen and oxygen atoms in total. The zero-order valence-corrected chi connectivity index (χ0v) is 16.0. The zero-order chi connectivity index (χ0) is 18.1. The first-order valence-electron chi connectivity index (χ1n) is 8.40. The van der Waals surface area contributed by atoms with Crippen LogP contribution in [0, 0.1) is 22.7 Å². The summed E-state index contributed by atoms with van der Waals surface area (Å²) in [5.74, 6) is 1.91. The average molecular weight is 315 g/mol. The molecular formula is C18H38N2O2. The maximum absolute atomic E-state index is 12.0. The summed E-state index contributed by atoms with van der Waals surface area (Å²) in [6.07, 6.45) is 0.687. The van der Waals surface area contributed by atoms with Crippen LogP contribution < -0.4 is 5.73 Å². The Hall–Kier alpha value is -0.900. The van der Waals surface area contributed by atoms with E-state index in [-0.39, 0.29) is 5.41 Å². The zero-order valence-electron chi connectivity index (χ0n) is 16.0. The lowest BCUT2D eigenvalue weighted by Gasteiger charge is -2.26. The lowest BCUT2D eigenvalue weighted by Crippen LogP contribution is -2.35. The summed E-state index contributed by atoms with van der Waals surface area (Å²) >= 11 is 0. The Bertz CT molecular complexity index is 308. The molecule has 0 aromatic rings. The molecule has 1 aliphatic carbocycles. The number of rotatable bonds is 1. The molecular weight excluding hydrogens is 276 g/mol. The van der Waals surface area contributed by atoms with Gasteiger partial charge in [-0.15, -0.1) is 0 Å². The van der Waals surface area contributed by atoms with Crippen molar-refractivity contribution in [3.63, 3.8) is 0 Å². The largest absolute Gasteiger partial charge is 0.342 e. The molecule has 4 heteroatoms. The van der Waals surface area contributed by atoms with Crippen molar-refractivity contribution in [3.05, 3.63) is 0 Å². The van der Waals surface area contributed by atoms with E-state index < -0.39 is 0 Å². The SMILES string of the molecule is C=O.CC.CC(C)(C)CC(=O)N1CC2C(C1)C2(C)C.CCN. The van der Waals surface area contributed by atoms with Crippen molar-refractivity contribution in [2.45, 2.75) is 61.8 Å². The summed E-state index contributed by atoms with van der Waals surface area (Å²) in [7, 11) is 0. The number of carbonyl (C=O) groups excluding carboxylic acids is 2. The van der Waals surface area contributed by atoms with E-state index in [0.29, 0.717) is 17.7 Å². The van der Waals surface area contributed by atoms with Gasteiger partial charge >= 0.3 is 0 Å². The minimum absolute atomic E-state index is 0.124. The van der Waals surface area contributed by atoms with Gasteiger partial charge in [0.1, 0.15) is 6.79 Å². The monoisotopic (exact) mass is 314 g/mol. The van der Waals surface area contributed by atoms with Crippen LogP contribution in [-0.2, 0) is 9.59 Å². The van der Waals surface area contributed by atoms with Gasteiger partial charge in [0.2, 0.25) is 5.91 Å². The van der Waals surface area contributed by atoms with Crippen molar-refractivity contribution >= 4 is 12.7 Å². The average Bonchev–Trinajstić information content (AvgIpc) is 2.83. The summed E-state index contributed by atoms with van der Waals surface area (Å²) in [6, 6.07) is 0. The Balaban J connectivity index is 0. The Morgan fingerprint density at radius 3 is 1.77 bits per heavy atom. The fourth-order valence-corrected chi connectivity index (χ4v) is 2.90. The molecule has 132 valence electrons. The van der Waals surface area contributed by atoms with E-state index in [1.807, 2.05) is 27.6 Å². The smallest absolute Gasteiger partial charge is 0.223 e. The van der Waals surface area contributed by atoms with Gasteiger partial charge in [-0.2, -0.15) is 0 Å². The fraction of sp³-hybridized carbons (Fsp3) is 0.889. The van der Waals surface area contributed by atoms with Crippen LogP contribution in [0.15, 0.2) is 0 Å². The van der Waals surface area contributed by atoms with Crippen molar-refractivity contribution in [1.29, 1.82) is 0 Å². The van der Waals surface area contributed by atoms with E-state index in [1.54, 1.807) is 0 Å². The van der Waals surface area contributed by atoms with Gasteiger partial charge in [0, 0.05) is 19.5 Å². The van der Waals surface area contributed by atoms with Crippen LogP contribution in [0.4, 0.5) is 0 Å². The molecule has 1 heterocycles. The van der Waals surface area contributed by atoms with E-state index in [0.717, 1.165) is 31.5 Å². The van der Waals surface area contributed by atoms with Crippen LogP contribution in [0.25, 0.3) is 0 Å². The number of nitrogens with zero attached hydrogens (tertiary/aromatic N) is 1. The molecule has 0 aromatic heterocycles. The third-order valence-corrected chi connectivity index (χ3v) is 4.16. The van der Waals surface area contributed by atoms with Crippen molar-refractivity contribution in [1.82, 2.24) is 4.90 Å². The van der Waals surface area contributed by atoms with E-state index >= 15 is 0 Å². The standard InChI is InChI=1S/C13H23NO.C2H7N.C2H6.CH2O/c1-12(2,3)6-11(15)14-7-9-10(8-14)13(9,4)5;1-2-3;2*1-2/h9-10H,6-8H2,1-5H3;2-3H2,1H3;1-2H3;1H2.